The van der Waals surface area contributed by atoms with E-state index in [1.165, 1.54) is 7.11 Å². The zero-order chi connectivity index (χ0) is 11.3. The second-order valence-electron chi connectivity index (χ2n) is 3.19. The molecule has 4 heteroatoms. The molecule has 1 heterocycles. The standard InChI is InChI=1S/C11H16N2O2/c1-4-5-8-6-7-9(10(14)12-2)11(13-8)15-3/h6-7H,4-5H2,1-3H3,(H,12,14). The van der Waals surface area contributed by atoms with Crippen molar-refractivity contribution in [2.45, 2.75) is 19.8 Å². The topological polar surface area (TPSA) is 51.2 Å². The molecular weight excluding hydrogens is 192 g/mol. The van der Waals surface area contributed by atoms with Crippen molar-refractivity contribution < 1.29 is 9.53 Å². The number of aryl methyl sites for hydroxylation is 1. The molecule has 0 unspecified atom stereocenters. The molecule has 0 radical (unpaired) electrons. The summed E-state index contributed by atoms with van der Waals surface area (Å²) in [6.07, 6.45) is 1.92. The van der Waals surface area contributed by atoms with E-state index in [-0.39, 0.29) is 5.91 Å². The molecule has 0 atom stereocenters. The minimum absolute atomic E-state index is 0.178. The van der Waals surface area contributed by atoms with Crippen molar-refractivity contribution in [2.75, 3.05) is 14.2 Å². The highest BCUT2D eigenvalue weighted by Crippen LogP contribution is 2.16. The fraction of sp³-hybridized carbons (Fsp3) is 0.455. The maximum Gasteiger partial charge on any atom is 0.256 e. The first-order valence-corrected chi connectivity index (χ1v) is 4.99. The molecule has 82 valence electrons. The van der Waals surface area contributed by atoms with Crippen LogP contribution in [0.15, 0.2) is 12.1 Å². The van der Waals surface area contributed by atoms with Crippen molar-refractivity contribution >= 4 is 5.91 Å². The predicted molar refractivity (Wildman–Crippen MR) is 58.2 cm³/mol. The van der Waals surface area contributed by atoms with Gasteiger partial charge in [0.05, 0.1) is 7.11 Å². The van der Waals surface area contributed by atoms with E-state index >= 15 is 0 Å². The lowest BCUT2D eigenvalue weighted by Gasteiger charge is -2.07. The van der Waals surface area contributed by atoms with E-state index in [9.17, 15) is 4.79 Å². The Hall–Kier alpha value is -1.58. The van der Waals surface area contributed by atoms with Crippen LogP contribution in [0.3, 0.4) is 0 Å². The van der Waals surface area contributed by atoms with Crippen LogP contribution in [-0.4, -0.2) is 25.0 Å². The quantitative estimate of drug-likeness (QED) is 0.813. The first-order valence-electron chi connectivity index (χ1n) is 4.99. The maximum absolute atomic E-state index is 11.4. The van der Waals surface area contributed by atoms with Gasteiger partial charge in [-0.05, 0) is 18.6 Å². The summed E-state index contributed by atoms with van der Waals surface area (Å²) in [4.78, 5) is 15.7. The third kappa shape index (κ3) is 2.68. The van der Waals surface area contributed by atoms with Crippen LogP contribution >= 0.6 is 0 Å². The molecule has 0 spiro atoms. The first-order chi connectivity index (χ1) is 7.22. The van der Waals surface area contributed by atoms with E-state index in [2.05, 4.69) is 17.2 Å². The summed E-state index contributed by atoms with van der Waals surface area (Å²) >= 11 is 0. The van der Waals surface area contributed by atoms with Gasteiger partial charge in [0.1, 0.15) is 5.56 Å². The third-order valence-electron chi connectivity index (χ3n) is 2.09. The fourth-order valence-electron chi connectivity index (χ4n) is 1.34. The second-order valence-corrected chi connectivity index (χ2v) is 3.19. The van der Waals surface area contributed by atoms with E-state index in [1.807, 2.05) is 6.07 Å². The van der Waals surface area contributed by atoms with Crippen LogP contribution in [-0.2, 0) is 6.42 Å². The SMILES string of the molecule is CCCc1ccc(C(=O)NC)c(OC)n1. The Morgan fingerprint density at radius 1 is 1.53 bits per heavy atom. The van der Waals surface area contributed by atoms with Crippen LogP contribution in [0.1, 0.15) is 29.4 Å². The lowest BCUT2D eigenvalue weighted by atomic mass is 10.2. The zero-order valence-corrected chi connectivity index (χ0v) is 9.33. The van der Waals surface area contributed by atoms with Crippen molar-refractivity contribution in [3.63, 3.8) is 0 Å². The molecule has 15 heavy (non-hydrogen) atoms. The number of amides is 1. The average molecular weight is 208 g/mol. The predicted octanol–water partition coefficient (Wildman–Crippen LogP) is 1.40. The molecule has 0 saturated heterocycles. The molecule has 1 amide bonds. The number of hydrogen-bond acceptors (Lipinski definition) is 3. The molecule has 1 rings (SSSR count). The summed E-state index contributed by atoms with van der Waals surface area (Å²) in [5, 5.41) is 2.55. The highest BCUT2D eigenvalue weighted by atomic mass is 16.5. The van der Waals surface area contributed by atoms with Gasteiger partial charge in [-0.1, -0.05) is 13.3 Å². The molecule has 0 bridgehead atoms. The van der Waals surface area contributed by atoms with E-state index in [0.29, 0.717) is 11.4 Å². The summed E-state index contributed by atoms with van der Waals surface area (Å²) in [6, 6.07) is 3.60. The number of carbonyl (C=O) groups excluding carboxylic acids is 1. The first kappa shape index (κ1) is 11.5. The van der Waals surface area contributed by atoms with Crippen LogP contribution in [0.2, 0.25) is 0 Å². The van der Waals surface area contributed by atoms with Crippen LogP contribution in [0.5, 0.6) is 5.88 Å². The highest BCUT2D eigenvalue weighted by molar-refractivity contribution is 5.96. The van der Waals surface area contributed by atoms with Gasteiger partial charge in [0, 0.05) is 12.7 Å². The van der Waals surface area contributed by atoms with Gasteiger partial charge < -0.3 is 10.1 Å². The number of hydrogen-bond donors (Lipinski definition) is 1. The largest absolute Gasteiger partial charge is 0.480 e. The number of nitrogens with one attached hydrogen (secondary N) is 1. The number of ether oxygens (including phenoxy) is 1. The molecule has 4 nitrogen and oxygen atoms in total. The molecule has 0 saturated carbocycles. The van der Waals surface area contributed by atoms with E-state index in [4.69, 9.17) is 4.74 Å². The molecule has 0 aromatic carbocycles. The number of aromatic nitrogens is 1. The smallest absolute Gasteiger partial charge is 0.256 e. The van der Waals surface area contributed by atoms with Gasteiger partial charge in [0.2, 0.25) is 5.88 Å². The van der Waals surface area contributed by atoms with Gasteiger partial charge in [-0.3, -0.25) is 4.79 Å². The fourth-order valence-corrected chi connectivity index (χ4v) is 1.34. The highest BCUT2D eigenvalue weighted by Gasteiger charge is 2.12. The van der Waals surface area contributed by atoms with Crippen LogP contribution in [0.25, 0.3) is 0 Å². The van der Waals surface area contributed by atoms with Crippen LogP contribution in [0.4, 0.5) is 0 Å². The van der Waals surface area contributed by atoms with Crippen LogP contribution in [0, 0.1) is 0 Å². The second kappa shape index (κ2) is 5.34. The van der Waals surface area contributed by atoms with Gasteiger partial charge in [-0.15, -0.1) is 0 Å². The maximum atomic E-state index is 11.4. The molecule has 0 aliphatic rings. The number of pyridine rings is 1. The molecule has 0 aliphatic carbocycles. The Balaban J connectivity index is 3.03. The lowest BCUT2D eigenvalue weighted by molar-refractivity contribution is 0.0959. The third-order valence-corrected chi connectivity index (χ3v) is 2.09. The number of methoxy groups -OCH3 is 1. The zero-order valence-electron chi connectivity index (χ0n) is 9.33. The van der Waals surface area contributed by atoms with Gasteiger partial charge in [0.25, 0.3) is 5.91 Å². The normalized spacial score (nSPS) is 9.80. The van der Waals surface area contributed by atoms with Crippen molar-refractivity contribution in [3.8, 4) is 5.88 Å². The Bertz CT molecular complexity index is 350. The Labute approximate surface area is 89.7 Å². The van der Waals surface area contributed by atoms with Gasteiger partial charge in [-0.25, -0.2) is 4.98 Å². The molecule has 1 aromatic rings. The average Bonchev–Trinajstić information content (AvgIpc) is 2.28. The van der Waals surface area contributed by atoms with E-state index in [0.717, 1.165) is 18.5 Å². The monoisotopic (exact) mass is 208 g/mol. The number of rotatable bonds is 4. The Kier molecular flexibility index (Phi) is 4.09. The molecule has 1 aromatic heterocycles. The minimum Gasteiger partial charge on any atom is -0.480 e. The molecule has 0 aliphatic heterocycles. The van der Waals surface area contributed by atoms with E-state index in [1.54, 1.807) is 13.1 Å². The number of carbonyl (C=O) groups is 1. The summed E-state index contributed by atoms with van der Waals surface area (Å²) in [6.45, 7) is 2.08. The molecule has 1 N–H and O–H groups in total. The summed E-state index contributed by atoms with van der Waals surface area (Å²) in [7, 11) is 3.10. The molecule has 0 fully saturated rings. The minimum atomic E-state index is -0.178. The van der Waals surface area contributed by atoms with Crippen LogP contribution < -0.4 is 10.1 Å². The Morgan fingerprint density at radius 2 is 2.27 bits per heavy atom. The van der Waals surface area contributed by atoms with Gasteiger partial charge in [0.15, 0.2) is 0 Å². The summed E-state index contributed by atoms with van der Waals surface area (Å²) in [5.41, 5.74) is 1.42. The van der Waals surface area contributed by atoms with Gasteiger partial charge in [-0.2, -0.15) is 0 Å². The van der Waals surface area contributed by atoms with Crippen molar-refractivity contribution in [1.29, 1.82) is 0 Å². The Morgan fingerprint density at radius 3 is 2.80 bits per heavy atom. The summed E-state index contributed by atoms with van der Waals surface area (Å²) in [5.74, 6) is 0.211. The van der Waals surface area contributed by atoms with E-state index < -0.39 is 0 Å². The van der Waals surface area contributed by atoms with Crippen molar-refractivity contribution in [3.05, 3.63) is 23.4 Å². The number of nitrogens with zero attached hydrogens (tertiary/aromatic N) is 1. The molecular formula is C11H16N2O2. The summed E-state index contributed by atoms with van der Waals surface area (Å²) < 4.78 is 5.08. The van der Waals surface area contributed by atoms with Gasteiger partial charge >= 0.3 is 0 Å². The lowest BCUT2D eigenvalue weighted by Crippen LogP contribution is -2.19. The van der Waals surface area contributed by atoms with Crippen molar-refractivity contribution in [1.82, 2.24) is 10.3 Å². The van der Waals surface area contributed by atoms with Crippen molar-refractivity contribution in [2.24, 2.45) is 0 Å².